The molecule has 2 aliphatic carbocycles. The number of halogens is 3. The number of alkyl halides is 3. The summed E-state index contributed by atoms with van der Waals surface area (Å²) >= 11 is 0. The molecule has 0 saturated heterocycles. The molecule has 12 heteroatoms. The van der Waals surface area contributed by atoms with E-state index in [1.54, 1.807) is 0 Å². The minimum Gasteiger partial charge on any atom is -0.382 e. The highest BCUT2D eigenvalue weighted by molar-refractivity contribution is 7.90. The minimum absolute atomic E-state index is 0.624. The van der Waals surface area contributed by atoms with E-state index in [1.165, 1.54) is 11.1 Å². The lowest BCUT2D eigenvalue weighted by Gasteiger charge is -2.16. The molecule has 1 heterocycles. The number of benzene rings is 1. The number of nitrogens with one attached hydrogen (secondary N) is 2. The summed E-state index contributed by atoms with van der Waals surface area (Å²) in [4.78, 5) is 12.5. The lowest BCUT2D eigenvalue weighted by atomic mass is 9.99. The zero-order valence-electron chi connectivity index (χ0n) is 16.4. The van der Waals surface area contributed by atoms with Crippen LogP contribution in [0.4, 0.5) is 23.7 Å². The average Bonchev–Trinajstić information content (AvgIpc) is 3.40. The van der Waals surface area contributed by atoms with E-state index in [2.05, 4.69) is 16.5 Å². The number of rotatable bonds is 5. The smallest absolute Gasteiger partial charge is 0.382 e. The number of hydrogen-bond donors (Lipinski definition) is 3. The molecule has 2 aliphatic rings. The van der Waals surface area contributed by atoms with Gasteiger partial charge in [-0.15, -0.1) is 0 Å². The molecule has 1 atom stereocenters. The number of hydrogen-bond acceptors (Lipinski definition) is 5. The maximum atomic E-state index is 12.5. The monoisotopic (exact) mass is 458 g/mol. The molecule has 0 radical (unpaired) electrons. The second-order valence-electron chi connectivity index (χ2n) is 7.73. The molecule has 4 rings (SSSR count). The number of amides is 2. The largest absolute Gasteiger partial charge is 0.416 e. The van der Waals surface area contributed by atoms with Crippen molar-refractivity contribution in [3.05, 3.63) is 40.6 Å². The van der Waals surface area contributed by atoms with Crippen molar-refractivity contribution in [3.8, 4) is 0 Å². The predicted octanol–water partition coefficient (Wildman–Crippen LogP) is 2.29. The van der Waals surface area contributed by atoms with Crippen molar-refractivity contribution in [2.45, 2.75) is 62.4 Å². The lowest BCUT2D eigenvalue weighted by Crippen LogP contribution is -2.35. The van der Waals surface area contributed by atoms with Crippen molar-refractivity contribution >= 4 is 21.7 Å². The zero-order valence-corrected chi connectivity index (χ0v) is 17.2. The fourth-order valence-electron chi connectivity index (χ4n) is 4.15. The van der Waals surface area contributed by atoms with Gasteiger partial charge in [0.1, 0.15) is 0 Å². The van der Waals surface area contributed by atoms with Crippen LogP contribution in [0, 0.1) is 0 Å². The number of carbonyl (C=O) groups is 1. The molecule has 0 aliphatic heterocycles. The molecule has 0 spiro atoms. The summed E-state index contributed by atoms with van der Waals surface area (Å²) in [6.45, 7) is -0.965. The number of carbonyl (C=O) groups excluding carboxylic acids is 1. The number of aromatic nitrogens is 2. The summed E-state index contributed by atoms with van der Waals surface area (Å²) in [5.41, 5.74) is 5.05. The van der Waals surface area contributed by atoms with Crippen LogP contribution < -0.4 is 10.0 Å². The van der Waals surface area contributed by atoms with Crippen LogP contribution in [0.15, 0.2) is 23.4 Å². The molecule has 2 aromatic rings. The molecule has 0 bridgehead atoms. The summed E-state index contributed by atoms with van der Waals surface area (Å²) in [6.07, 6.45) is -1.20. The van der Waals surface area contributed by atoms with Crippen molar-refractivity contribution in [1.82, 2.24) is 14.5 Å². The third-order valence-electron chi connectivity index (χ3n) is 5.57. The molecule has 31 heavy (non-hydrogen) atoms. The number of urea groups is 1. The van der Waals surface area contributed by atoms with Gasteiger partial charge in [-0.25, -0.2) is 9.52 Å². The van der Waals surface area contributed by atoms with E-state index in [1.807, 2.05) is 4.72 Å². The van der Waals surface area contributed by atoms with E-state index >= 15 is 0 Å². The van der Waals surface area contributed by atoms with Gasteiger partial charge in [0.25, 0.3) is 10.0 Å². The topological polar surface area (TPSA) is 113 Å². The van der Waals surface area contributed by atoms with E-state index in [0.717, 1.165) is 61.9 Å². The Morgan fingerprint density at radius 2 is 1.77 bits per heavy atom. The lowest BCUT2D eigenvalue weighted by molar-refractivity contribution is -0.208. The normalized spacial score (nSPS) is 16.6. The molecule has 1 aromatic carbocycles. The number of sulfonamides is 1. The Kier molecular flexibility index (Phi) is 5.46. The number of anilines is 1. The molecule has 0 fully saturated rings. The van der Waals surface area contributed by atoms with Crippen LogP contribution >= 0.6 is 0 Å². The highest BCUT2D eigenvalue weighted by Gasteiger charge is 2.38. The third kappa shape index (κ3) is 4.40. The number of aliphatic hydroxyl groups is 1. The zero-order chi connectivity index (χ0) is 22.4. The van der Waals surface area contributed by atoms with Gasteiger partial charge in [-0.1, -0.05) is 6.07 Å². The molecule has 2 amide bonds. The summed E-state index contributed by atoms with van der Waals surface area (Å²) in [5.74, 6) is 0. The van der Waals surface area contributed by atoms with Crippen LogP contribution in [0.5, 0.6) is 0 Å². The number of fused-ring (bicyclic) bond motifs is 2. The Balaban J connectivity index is 1.49. The first-order valence-electron chi connectivity index (χ1n) is 9.83. The highest BCUT2D eigenvalue weighted by Crippen LogP contribution is 2.38. The molecular formula is C19H21F3N4O4S. The van der Waals surface area contributed by atoms with Crippen LogP contribution in [-0.2, 0) is 42.3 Å². The van der Waals surface area contributed by atoms with E-state index in [9.17, 15) is 26.4 Å². The highest BCUT2D eigenvalue weighted by atomic mass is 32.2. The van der Waals surface area contributed by atoms with Crippen LogP contribution in [0.1, 0.15) is 35.1 Å². The van der Waals surface area contributed by atoms with E-state index in [0.29, 0.717) is 10.4 Å². The Bertz CT molecular complexity index is 1100. The summed E-state index contributed by atoms with van der Waals surface area (Å²) in [5, 5.41) is 14.7. The van der Waals surface area contributed by atoms with Gasteiger partial charge in [0.2, 0.25) is 0 Å². The van der Waals surface area contributed by atoms with Crippen LogP contribution in [0.25, 0.3) is 0 Å². The first kappa shape index (κ1) is 21.6. The fourth-order valence-corrected chi connectivity index (χ4v) is 5.00. The summed E-state index contributed by atoms with van der Waals surface area (Å²) < 4.78 is 64.9. The SMILES string of the molecule is O=C(Nc1c2c(cc3c1CCC3)CCC2)NS(=O)(=O)c1ccn(CC(O)C(F)(F)F)n1. The van der Waals surface area contributed by atoms with Gasteiger partial charge in [0, 0.05) is 11.9 Å². The summed E-state index contributed by atoms with van der Waals surface area (Å²) in [6, 6.07) is 2.17. The van der Waals surface area contributed by atoms with Crippen molar-refractivity contribution in [2.24, 2.45) is 0 Å². The quantitative estimate of drug-likeness (QED) is 0.636. The summed E-state index contributed by atoms with van der Waals surface area (Å²) in [7, 11) is -4.42. The van der Waals surface area contributed by atoms with Gasteiger partial charge >= 0.3 is 12.2 Å². The Morgan fingerprint density at radius 3 is 2.35 bits per heavy atom. The Hall–Kier alpha value is -2.60. The van der Waals surface area contributed by atoms with Gasteiger partial charge in [-0.3, -0.25) is 4.68 Å². The van der Waals surface area contributed by atoms with Gasteiger partial charge in [-0.05, 0) is 66.8 Å². The van der Waals surface area contributed by atoms with Crippen molar-refractivity contribution in [2.75, 3.05) is 5.32 Å². The van der Waals surface area contributed by atoms with Crippen LogP contribution in [0.3, 0.4) is 0 Å². The standard InChI is InChI=1S/C19H21F3N4O4S/c20-19(21,22)15(27)10-26-8-7-16(24-26)31(29,30)25-18(28)23-17-13-5-1-3-11(13)9-12-4-2-6-14(12)17/h7-9,15,27H,1-6,10H2,(H2,23,25,28). The van der Waals surface area contributed by atoms with Crippen molar-refractivity contribution < 1.29 is 31.5 Å². The second-order valence-corrected chi connectivity index (χ2v) is 9.36. The minimum atomic E-state index is -4.86. The second kappa shape index (κ2) is 7.83. The Morgan fingerprint density at radius 1 is 1.16 bits per heavy atom. The van der Waals surface area contributed by atoms with Crippen LogP contribution in [-0.4, -0.2) is 41.6 Å². The maximum Gasteiger partial charge on any atom is 0.416 e. The Labute approximate surface area is 176 Å². The third-order valence-corrected chi connectivity index (χ3v) is 6.79. The molecule has 3 N–H and O–H groups in total. The van der Waals surface area contributed by atoms with E-state index < -0.39 is 39.9 Å². The molecule has 8 nitrogen and oxygen atoms in total. The molecule has 168 valence electrons. The number of aryl methyl sites for hydroxylation is 2. The molecular weight excluding hydrogens is 437 g/mol. The maximum absolute atomic E-state index is 12.5. The van der Waals surface area contributed by atoms with Gasteiger partial charge in [-0.2, -0.15) is 26.7 Å². The predicted molar refractivity (Wildman–Crippen MR) is 104 cm³/mol. The average molecular weight is 458 g/mol. The van der Waals surface area contributed by atoms with Crippen molar-refractivity contribution in [3.63, 3.8) is 0 Å². The van der Waals surface area contributed by atoms with E-state index in [-0.39, 0.29) is 0 Å². The first-order valence-corrected chi connectivity index (χ1v) is 11.3. The van der Waals surface area contributed by atoms with Crippen molar-refractivity contribution in [1.29, 1.82) is 0 Å². The molecule has 1 unspecified atom stereocenters. The van der Waals surface area contributed by atoms with Crippen LogP contribution in [0.2, 0.25) is 0 Å². The number of nitrogens with zero attached hydrogens (tertiary/aromatic N) is 2. The van der Waals surface area contributed by atoms with Gasteiger partial charge in [0.05, 0.1) is 6.54 Å². The molecule has 1 aromatic heterocycles. The van der Waals surface area contributed by atoms with E-state index in [4.69, 9.17) is 5.11 Å². The fraction of sp³-hybridized carbons (Fsp3) is 0.474. The van der Waals surface area contributed by atoms with Gasteiger partial charge in [0.15, 0.2) is 11.1 Å². The molecule has 0 saturated carbocycles. The van der Waals surface area contributed by atoms with Gasteiger partial charge < -0.3 is 10.4 Å². The number of aliphatic hydroxyl groups excluding tert-OH is 1. The first-order chi connectivity index (χ1) is 14.5.